The predicted molar refractivity (Wildman–Crippen MR) is 71.9 cm³/mol. The van der Waals surface area contributed by atoms with Gasteiger partial charge in [-0.1, -0.05) is 22.9 Å². The quantitative estimate of drug-likeness (QED) is 0.815. The summed E-state index contributed by atoms with van der Waals surface area (Å²) in [6.07, 6.45) is 0.796. The molecule has 3 nitrogen and oxygen atoms in total. The largest absolute Gasteiger partial charge is 0.243 e. The molecule has 0 N–H and O–H groups in total. The van der Waals surface area contributed by atoms with E-state index in [1.165, 1.54) is 4.31 Å². The maximum absolute atomic E-state index is 12.1. The van der Waals surface area contributed by atoms with E-state index in [-0.39, 0.29) is 0 Å². The average molecular weight is 371 g/mol. The van der Waals surface area contributed by atoms with Gasteiger partial charge in [0.2, 0.25) is 10.0 Å². The van der Waals surface area contributed by atoms with E-state index < -0.39 is 10.0 Å². The highest BCUT2D eigenvalue weighted by Crippen LogP contribution is 2.27. The molecular weight excluding hydrogens is 358 g/mol. The lowest BCUT2D eigenvalue weighted by atomic mass is 10.4. The first-order valence-corrected chi connectivity index (χ1v) is 7.83. The Morgan fingerprint density at radius 3 is 2.44 bits per heavy atom. The first-order valence-electron chi connectivity index (χ1n) is 4.81. The van der Waals surface area contributed by atoms with Crippen LogP contribution in [0.4, 0.5) is 0 Å². The Bertz CT molecular complexity index is 474. The molecule has 0 atom stereocenters. The first-order chi connectivity index (χ1) is 7.39. The predicted octanol–water partition coefficient (Wildman–Crippen LogP) is 3.24. The second kappa shape index (κ2) is 5.62. The third-order valence-electron chi connectivity index (χ3n) is 2.12. The van der Waals surface area contributed by atoms with Crippen LogP contribution in [0.1, 0.15) is 13.3 Å². The van der Waals surface area contributed by atoms with Crippen molar-refractivity contribution in [2.24, 2.45) is 0 Å². The maximum Gasteiger partial charge on any atom is 0.243 e. The lowest BCUT2D eigenvalue weighted by Crippen LogP contribution is -2.27. The molecule has 1 rings (SSSR count). The van der Waals surface area contributed by atoms with E-state index >= 15 is 0 Å². The van der Waals surface area contributed by atoms with Gasteiger partial charge >= 0.3 is 0 Å². The zero-order valence-electron chi connectivity index (χ0n) is 9.07. The van der Waals surface area contributed by atoms with Crippen molar-refractivity contribution in [3.05, 3.63) is 27.1 Å². The molecule has 1 aromatic carbocycles. The van der Waals surface area contributed by atoms with Crippen LogP contribution in [0.25, 0.3) is 0 Å². The molecule has 0 saturated carbocycles. The van der Waals surface area contributed by atoms with Gasteiger partial charge < -0.3 is 0 Å². The number of sulfonamides is 1. The topological polar surface area (TPSA) is 37.4 Å². The molecule has 0 spiro atoms. The fourth-order valence-electron chi connectivity index (χ4n) is 1.29. The smallest absolute Gasteiger partial charge is 0.207 e. The van der Waals surface area contributed by atoms with Crippen LogP contribution in [0.3, 0.4) is 0 Å². The Morgan fingerprint density at radius 1 is 1.31 bits per heavy atom. The van der Waals surface area contributed by atoms with Crippen molar-refractivity contribution in [1.82, 2.24) is 4.31 Å². The molecular formula is C10H13Br2NO2S. The van der Waals surface area contributed by atoms with E-state index in [2.05, 4.69) is 31.9 Å². The zero-order chi connectivity index (χ0) is 12.3. The Hall–Kier alpha value is 0.0900. The first kappa shape index (κ1) is 14.2. The molecule has 0 bridgehead atoms. The summed E-state index contributed by atoms with van der Waals surface area (Å²) in [5.41, 5.74) is 0. The molecule has 16 heavy (non-hydrogen) atoms. The Labute approximate surface area is 113 Å². The maximum atomic E-state index is 12.1. The van der Waals surface area contributed by atoms with Crippen LogP contribution in [0.2, 0.25) is 0 Å². The summed E-state index contributed by atoms with van der Waals surface area (Å²) in [4.78, 5) is 0.298. The van der Waals surface area contributed by atoms with Crippen LogP contribution in [-0.4, -0.2) is 26.3 Å². The number of hydrogen-bond acceptors (Lipinski definition) is 2. The van der Waals surface area contributed by atoms with E-state index in [1.807, 2.05) is 6.92 Å². The van der Waals surface area contributed by atoms with E-state index in [0.717, 1.165) is 10.9 Å². The van der Waals surface area contributed by atoms with E-state index in [1.54, 1.807) is 25.2 Å². The van der Waals surface area contributed by atoms with E-state index in [0.29, 0.717) is 15.9 Å². The van der Waals surface area contributed by atoms with Crippen LogP contribution in [-0.2, 0) is 10.0 Å². The lowest BCUT2D eigenvalue weighted by molar-refractivity contribution is 0.468. The summed E-state index contributed by atoms with van der Waals surface area (Å²) in [6.45, 7) is 2.47. The zero-order valence-corrected chi connectivity index (χ0v) is 13.1. The Kier molecular flexibility index (Phi) is 4.97. The average Bonchev–Trinajstić information content (AvgIpc) is 2.17. The molecule has 0 aliphatic carbocycles. The molecule has 90 valence electrons. The van der Waals surface area contributed by atoms with Gasteiger partial charge in [-0.3, -0.25) is 0 Å². The lowest BCUT2D eigenvalue weighted by Gasteiger charge is -2.17. The van der Waals surface area contributed by atoms with Gasteiger partial charge in [-0.2, -0.15) is 0 Å². The number of nitrogens with zero attached hydrogens (tertiary/aromatic N) is 1. The number of rotatable bonds is 4. The Morgan fingerprint density at radius 2 is 1.94 bits per heavy atom. The van der Waals surface area contributed by atoms with Crippen molar-refractivity contribution >= 4 is 41.9 Å². The number of halogens is 2. The SMILES string of the molecule is CCCN(C)S(=O)(=O)c1ccc(Br)cc1Br. The van der Waals surface area contributed by atoms with Crippen LogP contribution in [0.15, 0.2) is 32.0 Å². The molecule has 0 amide bonds. The van der Waals surface area contributed by atoms with Gasteiger partial charge in [0.05, 0.1) is 4.90 Å². The second-order valence-corrected chi connectivity index (χ2v) is 7.18. The van der Waals surface area contributed by atoms with Crippen molar-refractivity contribution in [1.29, 1.82) is 0 Å². The van der Waals surface area contributed by atoms with Crippen molar-refractivity contribution in [2.45, 2.75) is 18.2 Å². The van der Waals surface area contributed by atoms with E-state index in [9.17, 15) is 8.42 Å². The fraction of sp³-hybridized carbons (Fsp3) is 0.400. The normalized spacial score (nSPS) is 12.1. The van der Waals surface area contributed by atoms with Gasteiger partial charge in [-0.05, 0) is 40.5 Å². The van der Waals surface area contributed by atoms with Crippen LogP contribution in [0, 0.1) is 0 Å². The molecule has 0 saturated heterocycles. The summed E-state index contributed by atoms with van der Waals surface area (Å²) in [7, 11) is -1.79. The van der Waals surface area contributed by atoms with Gasteiger partial charge in [0, 0.05) is 22.5 Å². The molecule has 1 aromatic rings. The van der Waals surface area contributed by atoms with Crippen molar-refractivity contribution in [3.8, 4) is 0 Å². The number of hydrogen-bond donors (Lipinski definition) is 0. The summed E-state index contributed by atoms with van der Waals surface area (Å²) in [5, 5.41) is 0. The molecule has 0 heterocycles. The highest BCUT2D eigenvalue weighted by molar-refractivity contribution is 9.11. The number of benzene rings is 1. The molecule has 0 aromatic heterocycles. The van der Waals surface area contributed by atoms with Crippen molar-refractivity contribution in [3.63, 3.8) is 0 Å². The summed E-state index contributed by atoms with van der Waals surface area (Å²) < 4.78 is 27.0. The van der Waals surface area contributed by atoms with Gasteiger partial charge in [0.15, 0.2) is 0 Å². The fourth-order valence-corrected chi connectivity index (χ4v) is 4.25. The van der Waals surface area contributed by atoms with Crippen LogP contribution >= 0.6 is 31.9 Å². The molecule has 6 heteroatoms. The van der Waals surface area contributed by atoms with Gasteiger partial charge in [0.1, 0.15) is 0 Å². The summed E-state index contributed by atoms with van der Waals surface area (Å²) in [5.74, 6) is 0. The minimum atomic E-state index is -3.38. The van der Waals surface area contributed by atoms with Gasteiger partial charge in [0.25, 0.3) is 0 Å². The molecule has 0 aliphatic heterocycles. The standard InChI is InChI=1S/C10H13Br2NO2S/c1-3-6-13(2)16(14,15)10-5-4-8(11)7-9(10)12/h4-5,7H,3,6H2,1-2H3. The third kappa shape index (κ3) is 3.06. The van der Waals surface area contributed by atoms with Gasteiger partial charge in [-0.15, -0.1) is 0 Å². The van der Waals surface area contributed by atoms with Crippen LogP contribution in [0.5, 0.6) is 0 Å². The summed E-state index contributed by atoms with van der Waals surface area (Å²) in [6, 6.07) is 5.04. The van der Waals surface area contributed by atoms with Gasteiger partial charge in [-0.25, -0.2) is 12.7 Å². The summed E-state index contributed by atoms with van der Waals surface area (Å²) >= 11 is 6.56. The van der Waals surface area contributed by atoms with Crippen molar-refractivity contribution in [2.75, 3.05) is 13.6 Å². The van der Waals surface area contributed by atoms with Crippen molar-refractivity contribution < 1.29 is 8.42 Å². The Balaban J connectivity index is 3.17. The third-order valence-corrected chi connectivity index (χ3v) is 5.45. The van der Waals surface area contributed by atoms with E-state index in [4.69, 9.17) is 0 Å². The molecule has 0 radical (unpaired) electrons. The highest BCUT2D eigenvalue weighted by Gasteiger charge is 2.22. The molecule has 0 fully saturated rings. The second-order valence-electron chi connectivity index (χ2n) is 3.40. The van der Waals surface area contributed by atoms with Crippen LogP contribution < -0.4 is 0 Å². The minimum absolute atomic E-state index is 0.298. The molecule has 0 unspecified atom stereocenters. The highest BCUT2D eigenvalue weighted by atomic mass is 79.9. The monoisotopic (exact) mass is 369 g/mol. The minimum Gasteiger partial charge on any atom is -0.207 e. The molecule has 0 aliphatic rings.